The van der Waals surface area contributed by atoms with Gasteiger partial charge < -0.3 is 10.5 Å². The molecule has 0 unspecified atom stereocenters. The van der Waals surface area contributed by atoms with Crippen molar-refractivity contribution in [2.45, 2.75) is 17.4 Å². The molecule has 0 radical (unpaired) electrons. The number of hydrogen-bond acceptors (Lipinski definition) is 8. The first-order valence-corrected chi connectivity index (χ1v) is 11.3. The van der Waals surface area contributed by atoms with Crippen molar-refractivity contribution in [2.24, 2.45) is 15.9 Å². The van der Waals surface area contributed by atoms with Crippen LogP contribution in [0.3, 0.4) is 0 Å². The zero-order valence-corrected chi connectivity index (χ0v) is 20.4. The molecule has 0 spiro atoms. The van der Waals surface area contributed by atoms with Gasteiger partial charge in [-0.2, -0.15) is 26.3 Å². The first-order chi connectivity index (χ1) is 18.2. The number of nitrogens with two attached hydrogens (primary N) is 2. The SMILES string of the molecule is CN(C(=O)Oc1c(C(=C/N)/C=N/c2cnc(SN)cn2)cc(C(F)(F)F)cc1C(F)(F)F)c1ccc(F)cc1. The van der Waals surface area contributed by atoms with Gasteiger partial charge in [0.1, 0.15) is 10.8 Å². The van der Waals surface area contributed by atoms with E-state index in [1.165, 1.54) is 6.20 Å². The number of ether oxygens (including phenoxy) is 1. The van der Waals surface area contributed by atoms with Gasteiger partial charge in [-0.1, -0.05) is 0 Å². The number of carbonyl (C=O) groups is 1. The zero-order valence-electron chi connectivity index (χ0n) is 19.6. The molecule has 3 aromatic rings. The Balaban J connectivity index is 2.15. The predicted molar refractivity (Wildman–Crippen MR) is 130 cm³/mol. The molecule has 8 nitrogen and oxygen atoms in total. The summed E-state index contributed by atoms with van der Waals surface area (Å²) in [7, 11) is 1.11. The smallest absolute Gasteiger partial charge is 0.409 e. The summed E-state index contributed by atoms with van der Waals surface area (Å²) in [5.74, 6) is -1.99. The molecule has 1 amide bonds. The van der Waals surface area contributed by atoms with E-state index in [1.54, 1.807) is 0 Å². The molecule has 0 bridgehead atoms. The lowest BCUT2D eigenvalue weighted by molar-refractivity contribution is -0.143. The molecule has 3 rings (SSSR count). The van der Waals surface area contributed by atoms with Crippen LogP contribution in [-0.4, -0.2) is 29.3 Å². The molecule has 16 heteroatoms. The van der Waals surface area contributed by atoms with E-state index in [-0.39, 0.29) is 17.6 Å². The van der Waals surface area contributed by atoms with Crippen LogP contribution in [-0.2, 0) is 12.4 Å². The topological polar surface area (TPSA) is 120 Å². The summed E-state index contributed by atoms with van der Waals surface area (Å²) in [4.78, 5) is 25.2. The lowest BCUT2D eigenvalue weighted by Gasteiger charge is -2.22. The van der Waals surface area contributed by atoms with Crippen LogP contribution in [0.2, 0.25) is 0 Å². The zero-order chi connectivity index (χ0) is 29.0. The fourth-order valence-corrected chi connectivity index (χ4v) is 3.26. The minimum absolute atomic E-state index is 0.0252. The van der Waals surface area contributed by atoms with Crippen LogP contribution >= 0.6 is 11.9 Å². The summed E-state index contributed by atoms with van der Waals surface area (Å²) in [5.41, 5.74) is 0.664. The number of amides is 1. The lowest BCUT2D eigenvalue weighted by Crippen LogP contribution is -2.30. The van der Waals surface area contributed by atoms with Gasteiger partial charge in [-0.05, 0) is 48.3 Å². The first-order valence-electron chi connectivity index (χ1n) is 10.4. The van der Waals surface area contributed by atoms with Crippen molar-refractivity contribution in [1.29, 1.82) is 0 Å². The van der Waals surface area contributed by atoms with Gasteiger partial charge >= 0.3 is 18.4 Å². The van der Waals surface area contributed by atoms with Gasteiger partial charge in [0.2, 0.25) is 0 Å². The molecule has 2 aromatic carbocycles. The summed E-state index contributed by atoms with van der Waals surface area (Å²) in [6, 6.07) is 4.39. The normalized spacial score (nSPS) is 12.6. The Bertz CT molecular complexity index is 1390. The summed E-state index contributed by atoms with van der Waals surface area (Å²) >= 11 is 0.779. The standard InChI is InChI=1S/C23H17F7N6O2S/c1-36(15-4-2-14(24)3-5-15)21(37)38-20-16(6-13(22(25,26)27)7-17(20)23(28,29)30)12(8-31)9-33-18-10-35-19(39-32)11-34-18/h2-11H,31-32H2,1H3/b12-8+,33-9+. The van der Waals surface area contributed by atoms with E-state index in [0.29, 0.717) is 17.3 Å². The third-order valence-electron chi connectivity index (χ3n) is 4.96. The van der Waals surface area contributed by atoms with Gasteiger partial charge in [-0.15, -0.1) is 0 Å². The number of benzene rings is 2. The van der Waals surface area contributed by atoms with Crippen LogP contribution in [0.4, 0.5) is 47.0 Å². The van der Waals surface area contributed by atoms with Crippen molar-refractivity contribution in [3.8, 4) is 5.75 Å². The average molecular weight is 574 g/mol. The number of nitrogens with zero attached hydrogens (tertiary/aromatic N) is 4. The number of hydrogen-bond donors (Lipinski definition) is 2. The number of allylic oxidation sites excluding steroid dienone is 1. The van der Waals surface area contributed by atoms with Gasteiger partial charge in [0.15, 0.2) is 11.6 Å². The maximum Gasteiger partial charge on any atom is 0.420 e. The van der Waals surface area contributed by atoms with Gasteiger partial charge in [-0.25, -0.2) is 24.1 Å². The summed E-state index contributed by atoms with van der Waals surface area (Å²) in [6.07, 6.45) is -8.13. The van der Waals surface area contributed by atoms with Crippen LogP contribution in [0, 0.1) is 5.82 Å². The number of carbonyl (C=O) groups excluding carboxylic acids is 1. The number of rotatable bonds is 6. The number of halogens is 7. The average Bonchev–Trinajstić information content (AvgIpc) is 2.88. The summed E-state index contributed by atoms with van der Waals surface area (Å²) in [6.45, 7) is 0. The highest BCUT2D eigenvalue weighted by atomic mass is 32.2. The Morgan fingerprint density at radius 3 is 2.23 bits per heavy atom. The maximum atomic E-state index is 14.0. The minimum atomic E-state index is -5.39. The monoisotopic (exact) mass is 574 g/mol. The molecule has 1 heterocycles. The number of anilines is 1. The van der Waals surface area contributed by atoms with Crippen LogP contribution in [0.25, 0.3) is 5.57 Å². The second-order valence-corrected chi connectivity index (χ2v) is 8.16. The Morgan fingerprint density at radius 2 is 1.72 bits per heavy atom. The molecule has 4 N–H and O–H groups in total. The number of alkyl halides is 6. The van der Waals surface area contributed by atoms with Crippen LogP contribution in [0.5, 0.6) is 5.75 Å². The highest BCUT2D eigenvalue weighted by Gasteiger charge is 2.41. The Hall–Kier alpha value is -4.18. The Labute approximate surface area is 220 Å². The highest BCUT2D eigenvalue weighted by Crippen LogP contribution is 2.44. The molecule has 39 heavy (non-hydrogen) atoms. The van der Waals surface area contributed by atoms with Crippen molar-refractivity contribution in [3.05, 3.63) is 77.5 Å². The molecule has 0 saturated carbocycles. The van der Waals surface area contributed by atoms with Crippen molar-refractivity contribution >= 4 is 41.3 Å². The summed E-state index contributed by atoms with van der Waals surface area (Å²) < 4.78 is 101. The third kappa shape index (κ3) is 7.23. The molecule has 206 valence electrons. The van der Waals surface area contributed by atoms with Gasteiger partial charge in [0, 0.05) is 36.3 Å². The van der Waals surface area contributed by atoms with Crippen LogP contribution in [0.15, 0.2) is 65.0 Å². The lowest BCUT2D eigenvalue weighted by atomic mass is 9.98. The highest BCUT2D eigenvalue weighted by molar-refractivity contribution is 7.97. The molecule has 0 aliphatic carbocycles. The fourth-order valence-electron chi connectivity index (χ4n) is 3.03. The molecular weight excluding hydrogens is 557 g/mol. The van der Waals surface area contributed by atoms with Gasteiger partial charge in [0.05, 0.1) is 23.5 Å². The van der Waals surface area contributed by atoms with Gasteiger partial charge in [-0.3, -0.25) is 10.0 Å². The van der Waals surface area contributed by atoms with Crippen molar-refractivity contribution < 1.29 is 40.3 Å². The molecular formula is C23H17F7N6O2S. The van der Waals surface area contributed by atoms with Crippen molar-refractivity contribution in [2.75, 3.05) is 11.9 Å². The minimum Gasteiger partial charge on any atom is -0.409 e. The van der Waals surface area contributed by atoms with E-state index < -0.39 is 52.3 Å². The van der Waals surface area contributed by atoms with Crippen molar-refractivity contribution in [1.82, 2.24) is 9.97 Å². The van der Waals surface area contributed by atoms with Crippen LogP contribution < -0.4 is 20.5 Å². The molecule has 0 saturated heterocycles. The van der Waals surface area contributed by atoms with E-state index in [0.717, 1.165) is 60.6 Å². The molecule has 0 aliphatic heterocycles. The van der Waals surface area contributed by atoms with Gasteiger partial charge in [0.25, 0.3) is 0 Å². The maximum absolute atomic E-state index is 14.0. The molecule has 0 fully saturated rings. The van der Waals surface area contributed by atoms with E-state index in [2.05, 4.69) is 15.0 Å². The third-order valence-corrected chi connectivity index (χ3v) is 5.41. The fraction of sp³-hybridized carbons (Fsp3) is 0.130. The molecule has 0 aliphatic rings. The molecule has 0 atom stereocenters. The Kier molecular flexibility index (Phi) is 8.81. The number of aliphatic imine (C=N–C) groups is 1. The summed E-state index contributed by atoms with van der Waals surface area (Å²) in [5, 5.41) is 5.66. The number of aromatic nitrogens is 2. The second kappa shape index (κ2) is 11.7. The predicted octanol–water partition coefficient (Wildman–Crippen LogP) is 5.96. The van der Waals surface area contributed by atoms with E-state index >= 15 is 0 Å². The van der Waals surface area contributed by atoms with Crippen LogP contribution in [0.1, 0.15) is 16.7 Å². The molecule has 1 aromatic heterocycles. The van der Waals surface area contributed by atoms with E-state index in [1.807, 2.05) is 0 Å². The largest absolute Gasteiger partial charge is 0.420 e. The van der Waals surface area contributed by atoms with Crippen molar-refractivity contribution in [3.63, 3.8) is 0 Å². The quantitative estimate of drug-likeness (QED) is 0.212. The second-order valence-electron chi connectivity index (χ2n) is 7.51. The first kappa shape index (κ1) is 29.4. The Morgan fingerprint density at radius 1 is 1.05 bits per heavy atom. The van der Waals surface area contributed by atoms with E-state index in [4.69, 9.17) is 15.6 Å². The van der Waals surface area contributed by atoms with E-state index in [9.17, 15) is 35.5 Å².